The van der Waals surface area contributed by atoms with E-state index in [1.54, 1.807) is 13.0 Å². The van der Waals surface area contributed by atoms with Crippen LogP contribution in [0.1, 0.15) is 22.1 Å². The smallest absolute Gasteiger partial charge is 0.255 e. The molecule has 0 saturated heterocycles. The lowest BCUT2D eigenvalue weighted by atomic mass is 10.2. The fourth-order valence-electron chi connectivity index (χ4n) is 1.36. The van der Waals surface area contributed by atoms with Crippen LogP contribution in [0, 0.1) is 6.92 Å². The van der Waals surface area contributed by atoms with Crippen LogP contribution < -0.4 is 5.32 Å². The molecule has 6 nitrogen and oxygen atoms in total. The first kappa shape index (κ1) is 12.6. The molecular formula is C11H10BrN3O3. The predicted octanol–water partition coefficient (Wildman–Crippen LogP) is 1.78. The SMILES string of the molecule is Cc1nc(CNC(=O)c2ccc(Br)cc2O)no1. The Bertz CT molecular complexity index is 583. The summed E-state index contributed by atoms with van der Waals surface area (Å²) in [6, 6.07) is 4.65. The van der Waals surface area contributed by atoms with Gasteiger partial charge in [0.1, 0.15) is 5.75 Å². The second-order valence-electron chi connectivity index (χ2n) is 3.57. The zero-order valence-corrected chi connectivity index (χ0v) is 11.1. The first-order chi connectivity index (χ1) is 8.56. The normalized spacial score (nSPS) is 10.3. The standard InChI is InChI=1S/C11H10BrN3O3/c1-6-14-10(15-18-6)5-13-11(17)8-3-2-7(12)4-9(8)16/h2-4,16H,5H2,1H3,(H,13,17). The molecule has 0 spiro atoms. The summed E-state index contributed by atoms with van der Waals surface area (Å²) >= 11 is 3.20. The van der Waals surface area contributed by atoms with Crippen molar-refractivity contribution in [3.63, 3.8) is 0 Å². The van der Waals surface area contributed by atoms with Crippen molar-refractivity contribution < 1.29 is 14.4 Å². The zero-order chi connectivity index (χ0) is 13.1. The van der Waals surface area contributed by atoms with Crippen molar-refractivity contribution in [2.45, 2.75) is 13.5 Å². The van der Waals surface area contributed by atoms with Gasteiger partial charge in [-0.2, -0.15) is 4.98 Å². The highest BCUT2D eigenvalue weighted by Gasteiger charge is 2.12. The Morgan fingerprint density at radius 3 is 2.94 bits per heavy atom. The summed E-state index contributed by atoms with van der Waals surface area (Å²) in [7, 11) is 0. The number of hydrogen-bond acceptors (Lipinski definition) is 5. The van der Waals surface area contributed by atoms with E-state index in [0.29, 0.717) is 16.2 Å². The van der Waals surface area contributed by atoms with Crippen LogP contribution in [0.3, 0.4) is 0 Å². The number of aromatic hydroxyl groups is 1. The van der Waals surface area contributed by atoms with Gasteiger partial charge in [-0.3, -0.25) is 4.79 Å². The van der Waals surface area contributed by atoms with Gasteiger partial charge >= 0.3 is 0 Å². The summed E-state index contributed by atoms with van der Waals surface area (Å²) < 4.78 is 5.47. The van der Waals surface area contributed by atoms with E-state index in [9.17, 15) is 9.90 Å². The average molecular weight is 312 g/mol. The van der Waals surface area contributed by atoms with Crippen molar-refractivity contribution >= 4 is 21.8 Å². The molecule has 0 aliphatic carbocycles. The molecule has 0 radical (unpaired) electrons. The van der Waals surface area contributed by atoms with Crippen LogP contribution in [0.25, 0.3) is 0 Å². The van der Waals surface area contributed by atoms with Gasteiger partial charge in [-0.15, -0.1) is 0 Å². The van der Waals surface area contributed by atoms with E-state index in [1.165, 1.54) is 12.1 Å². The molecule has 1 aromatic heterocycles. The molecule has 0 fully saturated rings. The van der Waals surface area contributed by atoms with E-state index in [-0.39, 0.29) is 17.9 Å². The molecule has 2 rings (SSSR count). The van der Waals surface area contributed by atoms with Crippen LogP contribution >= 0.6 is 15.9 Å². The van der Waals surface area contributed by atoms with Gasteiger partial charge in [0.25, 0.3) is 5.91 Å². The third-order valence-corrected chi connectivity index (χ3v) is 2.67. The molecule has 94 valence electrons. The lowest BCUT2D eigenvalue weighted by Crippen LogP contribution is -2.23. The fourth-order valence-corrected chi connectivity index (χ4v) is 1.71. The maximum Gasteiger partial charge on any atom is 0.255 e. The number of carbonyl (C=O) groups is 1. The van der Waals surface area contributed by atoms with Gasteiger partial charge in [-0.25, -0.2) is 0 Å². The van der Waals surface area contributed by atoms with E-state index >= 15 is 0 Å². The summed E-state index contributed by atoms with van der Waals surface area (Å²) in [5, 5.41) is 15.9. The molecule has 18 heavy (non-hydrogen) atoms. The van der Waals surface area contributed by atoms with Crippen molar-refractivity contribution in [2.24, 2.45) is 0 Å². The Morgan fingerprint density at radius 1 is 1.56 bits per heavy atom. The van der Waals surface area contributed by atoms with Gasteiger partial charge in [0.05, 0.1) is 12.1 Å². The Morgan fingerprint density at radius 2 is 2.33 bits per heavy atom. The summed E-state index contributed by atoms with van der Waals surface area (Å²) in [5.74, 6) is 0.330. The van der Waals surface area contributed by atoms with E-state index < -0.39 is 5.91 Å². The zero-order valence-electron chi connectivity index (χ0n) is 9.48. The molecule has 0 aliphatic heterocycles. The summed E-state index contributed by atoms with van der Waals surface area (Å²) in [6.45, 7) is 1.81. The number of amides is 1. The summed E-state index contributed by atoms with van der Waals surface area (Å²) in [6.07, 6.45) is 0. The van der Waals surface area contributed by atoms with Crippen LogP contribution in [-0.4, -0.2) is 21.2 Å². The predicted molar refractivity (Wildman–Crippen MR) is 66.0 cm³/mol. The largest absolute Gasteiger partial charge is 0.507 e. The maximum atomic E-state index is 11.8. The number of hydrogen-bond donors (Lipinski definition) is 2. The Hall–Kier alpha value is -1.89. The highest BCUT2D eigenvalue weighted by molar-refractivity contribution is 9.10. The quantitative estimate of drug-likeness (QED) is 0.902. The molecule has 0 saturated carbocycles. The van der Waals surface area contributed by atoms with Crippen LogP contribution in [0.5, 0.6) is 5.75 Å². The maximum absolute atomic E-state index is 11.8. The van der Waals surface area contributed by atoms with Crippen molar-refractivity contribution in [1.82, 2.24) is 15.5 Å². The molecular weight excluding hydrogens is 302 g/mol. The Labute approximate surface area is 111 Å². The number of phenolic OH excluding ortho intramolecular Hbond substituents is 1. The first-order valence-electron chi connectivity index (χ1n) is 5.12. The highest BCUT2D eigenvalue weighted by Crippen LogP contribution is 2.22. The van der Waals surface area contributed by atoms with Gasteiger partial charge in [0.2, 0.25) is 5.89 Å². The molecule has 0 unspecified atom stereocenters. The molecule has 7 heteroatoms. The number of nitrogens with one attached hydrogen (secondary N) is 1. The van der Waals surface area contributed by atoms with Crippen LogP contribution in [-0.2, 0) is 6.54 Å². The van der Waals surface area contributed by atoms with Gasteiger partial charge < -0.3 is 14.9 Å². The number of rotatable bonds is 3. The monoisotopic (exact) mass is 311 g/mol. The molecule has 1 amide bonds. The number of aromatic nitrogens is 2. The topological polar surface area (TPSA) is 88.2 Å². The van der Waals surface area contributed by atoms with Crippen LogP contribution in [0.2, 0.25) is 0 Å². The van der Waals surface area contributed by atoms with E-state index in [4.69, 9.17) is 4.52 Å². The lowest BCUT2D eigenvalue weighted by Gasteiger charge is -2.05. The number of benzene rings is 1. The van der Waals surface area contributed by atoms with E-state index in [0.717, 1.165) is 0 Å². The van der Waals surface area contributed by atoms with Crippen molar-refractivity contribution in [3.05, 3.63) is 40.0 Å². The second-order valence-corrected chi connectivity index (χ2v) is 4.49. The minimum atomic E-state index is -0.401. The van der Waals surface area contributed by atoms with Gasteiger partial charge in [0, 0.05) is 11.4 Å². The van der Waals surface area contributed by atoms with Crippen LogP contribution in [0.15, 0.2) is 27.2 Å². The van der Waals surface area contributed by atoms with Crippen molar-refractivity contribution in [3.8, 4) is 5.75 Å². The molecule has 0 atom stereocenters. The second kappa shape index (κ2) is 5.18. The van der Waals surface area contributed by atoms with Gasteiger partial charge in [-0.05, 0) is 18.2 Å². The number of carbonyl (C=O) groups excluding carboxylic acids is 1. The van der Waals surface area contributed by atoms with Crippen LogP contribution in [0.4, 0.5) is 0 Å². The summed E-state index contributed by atoms with van der Waals surface area (Å²) in [4.78, 5) is 15.7. The number of halogens is 1. The minimum Gasteiger partial charge on any atom is -0.507 e. The summed E-state index contributed by atoms with van der Waals surface area (Å²) in [5.41, 5.74) is 0.193. The number of nitrogens with zero attached hydrogens (tertiary/aromatic N) is 2. The molecule has 1 heterocycles. The third kappa shape index (κ3) is 2.86. The average Bonchev–Trinajstić information content (AvgIpc) is 2.72. The molecule has 1 aromatic carbocycles. The van der Waals surface area contributed by atoms with Crippen molar-refractivity contribution in [2.75, 3.05) is 0 Å². The number of aryl methyl sites for hydroxylation is 1. The Kier molecular flexibility index (Phi) is 3.61. The first-order valence-corrected chi connectivity index (χ1v) is 5.91. The van der Waals surface area contributed by atoms with Gasteiger partial charge in [-0.1, -0.05) is 21.1 Å². The number of phenols is 1. The minimum absolute atomic E-state index is 0.0915. The van der Waals surface area contributed by atoms with Gasteiger partial charge in [0.15, 0.2) is 5.82 Å². The highest BCUT2D eigenvalue weighted by atomic mass is 79.9. The fraction of sp³-hybridized carbons (Fsp3) is 0.182. The molecule has 2 aromatic rings. The van der Waals surface area contributed by atoms with E-state index in [1.807, 2.05) is 0 Å². The third-order valence-electron chi connectivity index (χ3n) is 2.18. The van der Waals surface area contributed by atoms with E-state index in [2.05, 4.69) is 31.4 Å². The molecule has 0 aliphatic rings. The molecule has 2 N–H and O–H groups in total. The molecule has 0 bridgehead atoms. The van der Waals surface area contributed by atoms with Crippen molar-refractivity contribution in [1.29, 1.82) is 0 Å². The lowest BCUT2D eigenvalue weighted by molar-refractivity contribution is 0.0947. The Balaban J connectivity index is 2.03.